The minimum atomic E-state index is -1.55. The average molecular weight is 300 g/mol. The summed E-state index contributed by atoms with van der Waals surface area (Å²) in [5, 5.41) is 0.313. The smallest absolute Gasteiger partial charge is 0.191 e. The van der Waals surface area contributed by atoms with Crippen LogP contribution in [0.3, 0.4) is 0 Å². The van der Waals surface area contributed by atoms with E-state index in [4.69, 9.17) is 10.2 Å². The van der Waals surface area contributed by atoms with E-state index in [1.165, 1.54) is 12.0 Å². The maximum atomic E-state index is 6.18. The monoisotopic (exact) mass is 299 g/mol. The van der Waals surface area contributed by atoms with Crippen LogP contribution >= 0.6 is 0 Å². The van der Waals surface area contributed by atoms with E-state index in [1.807, 2.05) is 0 Å². The summed E-state index contributed by atoms with van der Waals surface area (Å²) in [6.07, 6.45) is 7.95. The zero-order valence-electron chi connectivity index (χ0n) is 14.9. The lowest BCUT2D eigenvalue weighted by atomic mass is 10.0. The molecule has 0 bridgehead atoms. The van der Waals surface area contributed by atoms with Crippen LogP contribution in [0, 0.1) is 0 Å². The van der Waals surface area contributed by atoms with Crippen LogP contribution in [-0.2, 0) is 4.43 Å². The Labute approximate surface area is 128 Å². The Bertz CT molecular complexity index is 288. The van der Waals surface area contributed by atoms with Crippen molar-refractivity contribution in [1.82, 2.24) is 0 Å². The molecule has 0 saturated carbocycles. The number of nitrogens with two attached hydrogens (primary N) is 1. The summed E-state index contributed by atoms with van der Waals surface area (Å²) in [5.41, 5.74) is 7.52. The maximum Gasteiger partial charge on any atom is 0.191 e. The van der Waals surface area contributed by atoms with Gasteiger partial charge in [-0.25, -0.2) is 0 Å². The molecule has 0 aliphatic heterocycles. The maximum absolute atomic E-state index is 6.18. The first kappa shape index (κ1) is 19.9. The molecule has 3 heteroatoms. The Morgan fingerprint density at radius 3 is 2.25 bits per heavy atom. The zero-order chi connectivity index (χ0) is 15.8. The van der Waals surface area contributed by atoms with Gasteiger partial charge in [-0.2, -0.15) is 0 Å². The highest BCUT2D eigenvalue weighted by Crippen LogP contribution is 2.36. The third kappa shape index (κ3) is 8.93. The van der Waals surface area contributed by atoms with Crippen LogP contribution in [0.15, 0.2) is 11.6 Å². The molecule has 120 valence electrons. The summed E-state index contributed by atoms with van der Waals surface area (Å²) in [5.74, 6) is 0. The fourth-order valence-corrected chi connectivity index (χ4v) is 2.87. The Morgan fingerprint density at radius 2 is 1.75 bits per heavy atom. The van der Waals surface area contributed by atoms with E-state index in [0.29, 0.717) is 11.1 Å². The van der Waals surface area contributed by atoms with Gasteiger partial charge in [-0.05, 0) is 64.1 Å². The predicted octanol–water partition coefficient (Wildman–Crippen LogP) is 5.25. The lowest BCUT2D eigenvalue weighted by Gasteiger charge is -2.36. The molecule has 0 aromatic rings. The van der Waals surface area contributed by atoms with Crippen LogP contribution in [0.4, 0.5) is 0 Å². The van der Waals surface area contributed by atoms with E-state index in [-0.39, 0.29) is 0 Å². The fourth-order valence-electron chi connectivity index (χ4n) is 1.78. The standard InChI is InChI=1S/C17H37NOSi/c1-15(2)11-10-13-16(18)12-8-9-14-19-20(6,7)17(3,4)5/h11,16H,8-10,12-14,18H2,1-7H3. The molecule has 2 nitrogen and oxygen atoms in total. The van der Waals surface area contributed by atoms with Crippen molar-refractivity contribution in [1.29, 1.82) is 0 Å². The molecule has 20 heavy (non-hydrogen) atoms. The Balaban J connectivity index is 3.70. The van der Waals surface area contributed by atoms with E-state index in [9.17, 15) is 0 Å². The second-order valence-corrected chi connectivity index (χ2v) is 12.5. The van der Waals surface area contributed by atoms with Gasteiger partial charge in [-0.3, -0.25) is 0 Å². The quantitative estimate of drug-likeness (QED) is 0.358. The van der Waals surface area contributed by atoms with E-state index in [1.54, 1.807) is 0 Å². The highest BCUT2D eigenvalue weighted by atomic mass is 28.4. The van der Waals surface area contributed by atoms with Crippen molar-refractivity contribution in [3.63, 3.8) is 0 Å². The van der Waals surface area contributed by atoms with Crippen LogP contribution in [0.25, 0.3) is 0 Å². The predicted molar refractivity (Wildman–Crippen MR) is 93.6 cm³/mol. The minimum Gasteiger partial charge on any atom is -0.417 e. The van der Waals surface area contributed by atoms with Crippen molar-refractivity contribution in [2.75, 3.05) is 6.61 Å². The molecule has 0 heterocycles. The van der Waals surface area contributed by atoms with Crippen molar-refractivity contribution in [2.45, 2.75) is 90.9 Å². The summed E-state index contributed by atoms with van der Waals surface area (Å²) >= 11 is 0. The Hall–Kier alpha value is -0.123. The second-order valence-electron chi connectivity index (χ2n) is 7.72. The summed E-state index contributed by atoms with van der Waals surface area (Å²) < 4.78 is 6.18. The molecule has 0 aliphatic carbocycles. The zero-order valence-corrected chi connectivity index (χ0v) is 15.9. The van der Waals surface area contributed by atoms with Gasteiger partial charge in [0.05, 0.1) is 0 Å². The van der Waals surface area contributed by atoms with Crippen molar-refractivity contribution in [3.8, 4) is 0 Å². The molecule has 2 N–H and O–H groups in total. The fraction of sp³-hybridized carbons (Fsp3) is 0.882. The molecule has 0 radical (unpaired) electrons. The Morgan fingerprint density at radius 1 is 1.15 bits per heavy atom. The largest absolute Gasteiger partial charge is 0.417 e. The molecule has 0 amide bonds. The SMILES string of the molecule is CC(C)=CCCC(N)CCCCO[Si](C)(C)C(C)(C)C. The van der Waals surface area contributed by atoms with Gasteiger partial charge in [0.2, 0.25) is 0 Å². The van der Waals surface area contributed by atoms with Gasteiger partial charge in [0.15, 0.2) is 8.32 Å². The van der Waals surface area contributed by atoms with Crippen molar-refractivity contribution >= 4 is 8.32 Å². The molecule has 1 unspecified atom stereocenters. The molecule has 0 rings (SSSR count). The summed E-state index contributed by atoms with van der Waals surface area (Å²) in [6, 6.07) is 0.346. The minimum absolute atomic E-state index is 0.313. The second kappa shape index (κ2) is 9.01. The highest BCUT2D eigenvalue weighted by molar-refractivity contribution is 6.74. The summed E-state index contributed by atoms with van der Waals surface area (Å²) in [7, 11) is -1.55. The summed E-state index contributed by atoms with van der Waals surface area (Å²) in [4.78, 5) is 0. The molecule has 0 fully saturated rings. The van der Waals surface area contributed by atoms with E-state index < -0.39 is 8.32 Å². The van der Waals surface area contributed by atoms with Crippen LogP contribution in [0.1, 0.15) is 66.7 Å². The highest BCUT2D eigenvalue weighted by Gasteiger charge is 2.36. The van der Waals surface area contributed by atoms with Crippen molar-refractivity contribution in [3.05, 3.63) is 11.6 Å². The van der Waals surface area contributed by atoms with Crippen LogP contribution in [0.5, 0.6) is 0 Å². The molecular formula is C17H37NOSi. The summed E-state index contributed by atoms with van der Waals surface area (Å²) in [6.45, 7) is 16.7. The molecule has 0 aliphatic rings. The molecule has 0 spiro atoms. The van der Waals surface area contributed by atoms with Gasteiger partial charge in [-0.15, -0.1) is 0 Å². The van der Waals surface area contributed by atoms with Crippen LogP contribution in [-0.4, -0.2) is 21.0 Å². The first-order valence-electron chi connectivity index (χ1n) is 8.09. The van der Waals surface area contributed by atoms with Crippen molar-refractivity contribution in [2.24, 2.45) is 5.73 Å². The third-order valence-electron chi connectivity index (χ3n) is 4.33. The molecule has 1 atom stereocenters. The molecule has 0 saturated heterocycles. The van der Waals surface area contributed by atoms with Gasteiger partial charge >= 0.3 is 0 Å². The number of hydrogen-bond donors (Lipinski definition) is 1. The van der Waals surface area contributed by atoms with Crippen LogP contribution in [0.2, 0.25) is 18.1 Å². The van der Waals surface area contributed by atoms with Gasteiger partial charge in [0.1, 0.15) is 0 Å². The first-order chi connectivity index (χ1) is 9.06. The van der Waals surface area contributed by atoms with Crippen molar-refractivity contribution < 1.29 is 4.43 Å². The number of unbranched alkanes of at least 4 members (excludes halogenated alkanes) is 1. The van der Waals surface area contributed by atoms with Crippen LogP contribution < -0.4 is 5.73 Å². The Kier molecular flexibility index (Phi) is 8.95. The van der Waals surface area contributed by atoms with Gasteiger partial charge in [0.25, 0.3) is 0 Å². The number of hydrogen-bond acceptors (Lipinski definition) is 2. The van der Waals surface area contributed by atoms with Gasteiger partial charge in [-0.1, -0.05) is 32.4 Å². The average Bonchev–Trinajstić information content (AvgIpc) is 2.26. The molecule has 0 aromatic carbocycles. The number of allylic oxidation sites excluding steroid dienone is 2. The van der Waals surface area contributed by atoms with E-state index >= 15 is 0 Å². The van der Waals surface area contributed by atoms with E-state index in [0.717, 1.165) is 32.3 Å². The van der Waals surface area contributed by atoms with E-state index in [2.05, 4.69) is 53.8 Å². The lowest BCUT2D eigenvalue weighted by Crippen LogP contribution is -2.41. The van der Waals surface area contributed by atoms with Gasteiger partial charge in [0, 0.05) is 12.6 Å². The van der Waals surface area contributed by atoms with Gasteiger partial charge < -0.3 is 10.2 Å². The molecule has 0 aromatic heterocycles. The lowest BCUT2D eigenvalue weighted by molar-refractivity contribution is 0.276. The third-order valence-corrected chi connectivity index (χ3v) is 8.87. The first-order valence-corrected chi connectivity index (χ1v) is 11.0. The normalized spacial score (nSPS) is 14.2. The molecular weight excluding hydrogens is 262 g/mol. The number of rotatable bonds is 9. The topological polar surface area (TPSA) is 35.2 Å².